The van der Waals surface area contributed by atoms with Crippen LogP contribution in [0.3, 0.4) is 0 Å². The van der Waals surface area contributed by atoms with Crippen LogP contribution in [0.1, 0.15) is 23.3 Å². The second-order valence-electron chi connectivity index (χ2n) is 4.82. The molecule has 3 rings (SSSR count). The molecule has 20 heavy (non-hydrogen) atoms. The number of morpholine rings is 1. The monoisotopic (exact) mass is 274 g/mol. The second-order valence-corrected chi connectivity index (χ2v) is 4.82. The summed E-state index contributed by atoms with van der Waals surface area (Å²) in [6, 6.07) is 9.42. The molecule has 0 saturated carbocycles. The number of nitrogens with zero attached hydrogens (tertiary/aromatic N) is 3. The largest absolute Gasteiger partial charge is 0.379 e. The van der Waals surface area contributed by atoms with Crippen molar-refractivity contribution in [3.05, 3.63) is 47.6 Å². The lowest BCUT2D eigenvalue weighted by Gasteiger charge is -2.24. The van der Waals surface area contributed by atoms with E-state index in [1.807, 2.05) is 30.3 Å². The van der Waals surface area contributed by atoms with Gasteiger partial charge in [0, 0.05) is 13.1 Å². The van der Waals surface area contributed by atoms with Crippen LogP contribution in [0.25, 0.3) is 0 Å². The number of hydrogen-bond acceptors (Lipinski definition) is 6. The summed E-state index contributed by atoms with van der Waals surface area (Å²) < 4.78 is 10.6. The summed E-state index contributed by atoms with van der Waals surface area (Å²) in [5.41, 5.74) is 7.12. The third-order valence-corrected chi connectivity index (χ3v) is 3.38. The van der Waals surface area contributed by atoms with Gasteiger partial charge in [0.15, 0.2) is 5.82 Å². The molecule has 0 bridgehead atoms. The van der Waals surface area contributed by atoms with Crippen LogP contribution in [0.2, 0.25) is 0 Å². The van der Waals surface area contributed by atoms with Gasteiger partial charge < -0.3 is 15.0 Å². The van der Waals surface area contributed by atoms with Crippen molar-refractivity contribution in [2.75, 3.05) is 26.3 Å². The van der Waals surface area contributed by atoms with Crippen molar-refractivity contribution in [3.63, 3.8) is 0 Å². The molecule has 1 fully saturated rings. The van der Waals surface area contributed by atoms with Gasteiger partial charge in [-0.1, -0.05) is 35.5 Å². The number of rotatable bonds is 4. The van der Waals surface area contributed by atoms with Crippen molar-refractivity contribution in [2.24, 2.45) is 5.73 Å². The quantitative estimate of drug-likeness (QED) is 0.894. The van der Waals surface area contributed by atoms with E-state index < -0.39 is 0 Å². The van der Waals surface area contributed by atoms with E-state index >= 15 is 0 Å². The second kappa shape index (κ2) is 6.13. The van der Waals surface area contributed by atoms with E-state index in [1.165, 1.54) is 0 Å². The Balaban J connectivity index is 1.67. The van der Waals surface area contributed by atoms with Gasteiger partial charge in [-0.15, -0.1) is 0 Å². The lowest BCUT2D eigenvalue weighted by Crippen LogP contribution is -2.35. The summed E-state index contributed by atoms with van der Waals surface area (Å²) in [7, 11) is 0. The fraction of sp³-hybridized carbons (Fsp3) is 0.429. The van der Waals surface area contributed by atoms with Gasteiger partial charge in [0.1, 0.15) is 0 Å². The van der Waals surface area contributed by atoms with Crippen molar-refractivity contribution < 1.29 is 9.26 Å². The maximum atomic E-state index is 6.14. The zero-order chi connectivity index (χ0) is 13.8. The molecule has 1 aromatic carbocycles. The normalized spacial score (nSPS) is 18.1. The van der Waals surface area contributed by atoms with E-state index in [-0.39, 0.29) is 6.04 Å². The first-order chi connectivity index (χ1) is 9.83. The van der Waals surface area contributed by atoms with Crippen LogP contribution in [-0.2, 0) is 11.3 Å². The molecular weight excluding hydrogens is 256 g/mol. The molecule has 2 N–H and O–H groups in total. The lowest BCUT2D eigenvalue weighted by atomic mass is 10.1. The molecule has 6 nitrogen and oxygen atoms in total. The van der Waals surface area contributed by atoms with Gasteiger partial charge in [0.05, 0.1) is 25.8 Å². The van der Waals surface area contributed by atoms with Crippen LogP contribution in [0.15, 0.2) is 34.9 Å². The third kappa shape index (κ3) is 3.04. The van der Waals surface area contributed by atoms with Crippen LogP contribution in [0.5, 0.6) is 0 Å². The first-order valence-electron chi connectivity index (χ1n) is 6.76. The van der Waals surface area contributed by atoms with Crippen LogP contribution in [0, 0.1) is 0 Å². The minimum absolute atomic E-state index is 0.349. The topological polar surface area (TPSA) is 77.4 Å². The molecule has 106 valence electrons. The Morgan fingerprint density at radius 1 is 1.20 bits per heavy atom. The highest BCUT2D eigenvalue weighted by atomic mass is 16.5. The molecule has 1 unspecified atom stereocenters. The summed E-state index contributed by atoms with van der Waals surface area (Å²) in [4.78, 5) is 6.63. The summed E-state index contributed by atoms with van der Waals surface area (Å²) in [6.45, 7) is 3.94. The van der Waals surface area contributed by atoms with Crippen molar-refractivity contribution in [2.45, 2.75) is 12.6 Å². The number of hydrogen-bond donors (Lipinski definition) is 1. The number of benzene rings is 1. The molecule has 0 amide bonds. The highest BCUT2D eigenvalue weighted by Gasteiger charge is 2.18. The molecule has 0 radical (unpaired) electrons. The average Bonchev–Trinajstić information content (AvgIpc) is 2.97. The molecule has 1 atom stereocenters. The Morgan fingerprint density at radius 2 is 1.95 bits per heavy atom. The predicted molar refractivity (Wildman–Crippen MR) is 72.9 cm³/mol. The van der Waals surface area contributed by atoms with E-state index in [0.717, 1.165) is 31.9 Å². The third-order valence-electron chi connectivity index (χ3n) is 3.38. The molecule has 1 aromatic heterocycles. The van der Waals surface area contributed by atoms with Crippen molar-refractivity contribution in [1.29, 1.82) is 0 Å². The molecule has 2 aromatic rings. The molecule has 1 aliphatic rings. The van der Waals surface area contributed by atoms with Crippen molar-refractivity contribution in [3.8, 4) is 0 Å². The van der Waals surface area contributed by atoms with E-state index in [2.05, 4.69) is 15.0 Å². The van der Waals surface area contributed by atoms with Gasteiger partial charge in [0.2, 0.25) is 5.89 Å². The average molecular weight is 274 g/mol. The van der Waals surface area contributed by atoms with Gasteiger partial charge >= 0.3 is 0 Å². The molecule has 6 heteroatoms. The number of ether oxygens (including phenoxy) is 1. The Hall–Kier alpha value is -1.76. The first-order valence-corrected chi connectivity index (χ1v) is 6.76. The van der Waals surface area contributed by atoms with E-state index in [1.54, 1.807) is 0 Å². The van der Waals surface area contributed by atoms with E-state index in [4.69, 9.17) is 15.0 Å². The summed E-state index contributed by atoms with van der Waals surface area (Å²) >= 11 is 0. The van der Waals surface area contributed by atoms with E-state index in [9.17, 15) is 0 Å². The SMILES string of the molecule is NC(c1ccccc1)c1noc(CN2CCOCC2)n1. The van der Waals surface area contributed by atoms with Gasteiger partial charge in [-0.2, -0.15) is 4.98 Å². The highest BCUT2D eigenvalue weighted by molar-refractivity contribution is 5.23. The minimum Gasteiger partial charge on any atom is -0.379 e. The summed E-state index contributed by atoms with van der Waals surface area (Å²) in [5.74, 6) is 1.13. The van der Waals surface area contributed by atoms with Gasteiger partial charge in [-0.05, 0) is 5.56 Å². The molecule has 2 heterocycles. The summed E-state index contributed by atoms with van der Waals surface area (Å²) in [6.07, 6.45) is 0. The first kappa shape index (κ1) is 13.2. The van der Waals surface area contributed by atoms with E-state index in [0.29, 0.717) is 18.3 Å². The van der Waals surface area contributed by atoms with Gasteiger partial charge in [0.25, 0.3) is 0 Å². The maximum absolute atomic E-state index is 6.14. The van der Waals surface area contributed by atoms with Crippen molar-refractivity contribution in [1.82, 2.24) is 15.0 Å². The maximum Gasteiger partial charge on any atom is 0.240 e. The van der Waals surface area contributed by atoms with Gasteiger partial charge in [-0.25, -0.2) is 0 Å². The zero-order valence-corrected chi connectivity index (χ0v) is 11.2. The Labute approximate surface area is 117 Å². The van der Waals surface area contributed by atoms with Crippen LogP contribution < -0.4 is 5.73 Å². The van der Waals surface area contributed by atoms with Crippen LogP contribution in [0.4, 0.5) is 0 Å². The Kier molecular flexibility index (Phi) is 4.05. The molecule has 0 spiro atoms. The highest BCUT2D eigenvalue weighted by Crippen LogP contribution is 2.17. The fourth-order valence-electron chi connectivity index (χ4n) is 2.22. The Morgan fingerprint density at radius 3 is 2.70 bits per heavy atom. The van der Waals surface area contributed by atoms with Gasteiger partial charge in [-0.3, -0.25) is 4.90 Å². The molecular formula is C14H18N4O2. The molecule has 0 aliphatic carbocycles. The number of nitrogens with two attached hydrogens (primary N) is 1. The zero-order valence-electron chi connectivity index (χ0n) is 11.2. The standard InChI is InChI=1S/C14H18N4O2/c15-13(11-4-2-1-3-5-11)14-16-12(20-17-14)10-18-6-8-19-9-7-18/h1-5,13H,6-10,15H2. The number of aromatic nitrogens is 2. The Bertz CT molecular complexity index is 537. The summed E-state index contributed by atoms with van der Waals surface area (Å²) in [5, 5.41) is 3.99. The van der Waals surface area contributed by atoms with Crippen LogP contribution in [-0.4, -0.2) is 41.3 Å². The minimum atomic E-state index is -0.349. The van der Waals surface area contributed by atoms with Crippen molar-refractivity contribution >= 4 is 0 Å². The smallest absolute Gasteiger partial charge is 0.240 e. The van der Waals surface area contributed by atoms with Crippen LogP contribution >= 0.6 is 0 Å². The fourth-order valence-corrected chi connectivity index (χ4v) is 2.22. The molecule has 1 saturated heterocycles. The predicted octanol–water partition coefficient (Wildman–Crippen LogP) is 0.950. The lowest BCUT2D eigenvalue weighted by molar-refractivity contribution is 0.0297. The molecule has 1 aliphatic heterocycles.